The van der Waals surface area contributed by atoms with Gasteiger partial charge in [0.25, 0.3) is 5.69 Å². The molecule has 6 nitrogen and oxygen atoms in total. The number of nitrogens with zero attached hydrogens (tertiary/aromatic N) is 3. The summed E-state index contributed by atoms with van der Waals surface area (Å²) < 4.78 is 5.31. The van der Waals surface area contributed by atoms with E-state index in [0.717, 1.165) is 31.9 Å². The highest BCUT2D eigenvalue weighted by molar-refractivity contribution is 5.63. The van der Waals surface area contributed by atoms with Gasteiger partial charge in [-0.3, -0.25) is 15.0 Å². The molecule has 0 amide bonds. The fraction of sp³-hybridized carbons (Fsp3) is 0.368. The molecule has 0 spiro atoms. The van der Waals surface area contributed by atoms with Crippen LogP contribution in [0.4, 0.5) is 11.4 Å². The number of nitro groups is 1. The molecule has 132 valence electrons. The molecule has 0 saturated carbocycles. The maximum Gasteiger partial charge on any atom is 0.292 e. The first-order valence-corrected chi connectivity index (χ1v) is 8.46. The second-order valence-electron chi connectivity index (χ2n) is 6.22. The van der Waals surface area contributed by atoms with Gasteiger partial charge in [0.15, 0.2) is 0 Å². The molecule has 1 aliphatic rings. The van der Waals surface area contributed by atoms with Crippen molar-refractivity contribution in [1.82, 2.24) is 4.90 Å². The molecule has 3 rings (SSSR count). The van der Waals surface area contributed by atoms with Crippen molar-refractivity contribution < 1.29 is 9.66 Å². The van der Waals surface area contributed by atoms with E-state index in [0.29, 0.717) is 5.69 Å². The van der Waals surface area contributed by atoms with E-state index >= 15 is 0 Å². The topological polar surface area (TPSA) is 58.8 Å². The monoisotopic (exact) mass is 341 g/mol. The van der Waals surface area contributed by atoms with E-state index in [-0.39, 0.29) is 16.7 Å². The summed E-state index contributed by atoms with van der Waals surface area (Å²) in [6.45, 7) is 5.47. The molecule has 2 aromatic rings. The van der Waals surface area contributed by atoms with E-state index in [4.69, 9.17) is 4.74 Å². The average Bonchev–Trinajstić information content (AvgIpc) is 2.67. The van der Waals surface area contributed by atoms with Crippen molar-refractivity contribution >= 4 is 11.4 Å². The lowest BCUT2D eigenvalue weighted by Crippen LogP contribution is -2.47. The SMILES string of the molecule is COc1cccc(C(C)N2CCN(c3ccccc3[N+](=O)[O-])CC2)c1. The molecule has 1 saturated heterocycles. The normalized spacial score (nSPS) is 16.5. The van der Waals surface area contributed by atoms with E-state index in [2.05, 4.69) is 28.9 Å². The van der Waals surface area contributed by atoms with Crippen molar-refractivity contribution in [2.75, 3.05) is 38.2 Å². The molecule has 25 heavy (non-hydrogen) atoms. The van der Waals surface area contributed by atoms with Crippen LogP contribution in [0.1, 0.15) is 18.5 Å². The largest absolute Gasteiger partial charge is 0.497 e. The summed E-state index contributed by atoms with van der Waals surface area (Å²) in [6, 6.07) is 15.4. The van der Waals surface area contributed by atoms with Crippen LogP contribution in [0, 0.1) is 10.1 Å². The van der Waals surface area contributed by atoms with Crippen LogP contribution in [-0.2, 0) is 0 Å². The van der Waals surface area contributed by atoms with Crippen LogP contribution in [0.15, 0.2) is 48.5 Å². The number of anilines is 1. The van der Waals surface area contributed by atoms with Gasteiger partial charge in [0.05, 0.1) is 12.0 Å². The zero-order valence-corrected chi connectivity index (χ0v) is 14.6. The molecule has 0 aromatic heterocycles. The van der Waals surface area contributed by atoms with Gasteiger partial charge in [0, 0.05) is 38.3 Å². The molecule has 6 heteroatoms. The molecule has 1 atom stereocenters. The van der Waals surface area contributed by atoms with Crippen LogP contribution in [0.2, 0.25) is 0 Å². The Hall–Kier alpha value is -2.60. The molecule has 0 radical (unpaired) electrons. The third kappa shape index (κ3) is 3.74. The van der Waals surface area contributed by atoms with Gasteiger partial charge < -0.3 is 9.64 Å². The minimum Gasteiger partial charge on any atom is -0.497 e. The Kier molecular flexibility index (Phi) is 5.19. The van der Waals surface area contributed by atoms with Gasteiger partial charge in [-0.2, -0.15) is 0 Å². The number of para-hydroxylation sites is 2. The first kappa shape index (κ1) is 17.2. The Balaban J connectivity index is 1.68. The second-order valence-corrected chi connectivity index (χ2v) is 6.22. The van der Waals surface area contributed by atoms with Crippen molar-refractivity contribution in [3.63, 3.8) is 0 Å². The standard InChI is InChI=1S/C19H23N3O3/c1-15(16-6-5-7-17(14-16)25-2)20-10-12-21(13-11-20)18-8-3-4-9-19(18)22(23)24/h3-9,14-15H,10-13H2,1-2H3. The average molecular weight is 341 g/mol. The predicted octanol–water partition coefficient (Wildman–Crippen LogP) is 3.49. The number of nitro benzene ring substituents is 1. The summed E-state index contributed by atoms with van der Waals surface area (Å²) in [6.07, 6.45) is 0. The molecule has 1 aliphatic heterocycles. The summed E-state index contributed by atoms with van der Waals surface area (Å²) in [7, 11) is 1.68. The fourth-order valence-corrected chi connectivity index (χ4v) is 3.35. The maximum atomic E-state index is 11.2. The summed E-state index contributed by atoms with van der Waals surface area (Å²) >= 11 is 0. The molecule has 1 unspecified atom stereocenters. The van der Waals surface area contributed by atoms with Crippen molar-refractivity contribution in [1.29, 1.82) is 0 Å². The number of piperazine rings is 1. The highest BCUT2D eigenvalue weighted by Gasteiger charge is 2.25. The first-order valence-electron chi connectivity index (χ1n) is 8.46. The summed E-state index contributed by atoms with van der Waals surface area (Å²) in [5, 5.41) is 11.2. The third-order valence-corrected chi connectivity index (χ3v) is 4.86. The quantitative estimate of drug-likeness (QED) is 0.615. The number of ether oxygens (including phenoxy) is 1. The smallest absolute Gasteiger partial charge is 0.292 e. The number of hydrogen-bond acceptors (Lipinski definition) is 5. The van der Waals surface area contributed by atoms with Crippen LogP contribution < -0.4 is 9.64 Å². The van der Waals surface area contributed by atoms with E-state index in [9.17, 15) is 10.1 Å². The lowest BCUT2D eigenvalue weighted by Gasteiger charge is -2.39. The second kappa shape index (κ2) is 7.53. The lowest BCUT2D eigenvalue weighted by atomic mass is 10.1. The van der Waals surface area contributed by atoms with Gasteiger partial charge in [-0.05, 0) is 30.7 Å². The zero-order chi connectivity index (χ0) is 17.8. The molecular formula is C19H23N3O3. The minimum absolute atomic E-state index is 0.178. The zero-order valence-electron chi connectivity index (χ0n) is 14.6. The number of methoxy groups -OCH3 is 1. The summed E-state index contributed by atoms with van der Waals surface area (Å²) in [4.78, 5) is 15.4. The molecule has 1 fully saturated rings. The van der Waals surface area contributed by atoms with Crippen LogP contribution in [0.3, 0.4) is 0 Å². The summed E-state index contributed by atoms with van der Waals surface area (Å²) in [5.74, 6) is 0.864. The van der Waals surface area contributed by atoms with Crippen LogP contribution in [0.25, 0.3) is 0 Å². The number of rotatable bonds is 5. The van der Waals surface area contributed by atoms with Gasteiger partial charge in [-0.15, -0.1) is 0 Å². The first-order chi connectivity index (χ1) is 12.1. The molecule has 0 aliphatic carbocycles. The van der Waals surface area contributed by atoms with E-state index in [1.165, 1.54) is 5.56 Å². The minimum atomic E-state index is -0.305. The van der Waals surface area contributed by atoms with Crippen molar-refractivity contribution in [2.45, 2.75) is 13.0 Å². The van der Waals surface area contributed by atoms with Crippen LogP contribution >= 0.6 is 0 Å². The van der Waals surface area contributed by atoms with Gasteiger partial charge in [-0.1, -0.05) is 24.3 Å². The van der Waals surface area contributed by atoms with Crippen molar-refractivity contribution in [3.05, 3.63) is 64.2 Å². The Morgan fingerprint density at radius 2 is 1.80 bits per heavy atom. The van der Waals surface area contributed by atoms with Crippen molar-refractivity contribution in [2.24, 2.45) is 0 Å². The van der Waals surface area contributed by atoms with Gasteiger partial charge >= 0.3 is 0 Å². The van der Waals surface area contributed by atoms with Crippen LogP contribution in [-0.4, -0.2) is 43.1 Å². The fourth-order valence-electron chi connectivity index (χ4n) is 3.35. The number of benzene rings is 2. The predicted molar refractivity (Wildman–Crippen MR) is 98.3 cm³/mol. The van der Waals surface area contributed by atoms with E-state index < -0.39 is 0 Å². The van der Waals surface area contributed by atoms with Crippen LogP contribution in [0.5, 0.6) is 5.75 Å². The molecule has 2 aromatic carbocycles. The molecule has 0 N–H and O–H groups in total. The molecule has 0 bridgehead atoms. The highest BCUT2D eigenvalue weighted by Crippen LogP contribution is 2.30. The van der Waals surface area contributed by atoms with E-state index in [1.54, 1.807) is 19.2 Å². The van der Waals surface area contributed by atoms with Gasteiger partial charge in [-0.25, -0.2) is 0 Å². The van der Waals surface area contributed by atoms with Crippen molar-refractivity contribution in [3.8, 4) is 5.75 Å². The molecular weight excluding hydrogens is 318 g/mol. The summed E-state index contributed by atoms with van der Waals surface area (Å²) in [5.41, 5.74) is 2.11. The highest BCUT2D eigenvalue weighted by atomic mass is 16.6. The maximum absolute atomic E-state index is 11.2. The lowest BCUT2D eigenvalue weighted by molar-refractivity contribution is -0.384. The Labute approximate surface area is 147 Å². The Morgan fingerprint density at radius 3 is 2.48 bits per heavy atom. The Bertz CT molecular complexity index is 742. The Morgan fingerprint density at radius 1 is 1.08 bits per heavy atom. The third-order valence-electron chi connectivity index (χ3n) is 4.86. The van der Waals surface area contributed by atoms with E-state index in [1.807, 2.05) is 24.3 Å². The molecule has 1 heterocycles. The van der Waals surface area contributed by atoms with Gasteiger partial charge in [0.2, 0.25) is 0 Å². The van der Waals surface area contributed by atoms with Gasteiger partial charge in [0.1, 0.15) is 11.4 Å². The number of hydrogen-bond donors (Lipinski definition) is 0.